The summed E-state index contributed by atoms with van der Waals surface area (Å²) >= 11 is 2.16. The van der Waals surface area contributed by atoms with Gasteiger partial charge in [0.1, 0.15) is 0 Å². The number of hydrogen-bond donors (Lipinski definition) is 0. The summed E-state index contributed by atoms with van der Waals surface area (Å²) in [6.45, 7) is 2.72. The van der Waals surface area contributed by atoms with Crippen LogP contribution in [0.5, 0.6) is 0 Å². The van der Waals surface area contributed by atoms with Crippen molar-refractivity contribution in [2.45, 2.75) is 6.92 Å². The molecular formula is C2H7AlO. The number of rotatable bonds is 1. The van der Waals surface area contributed by atoms with E-state index in [9.17, 15) is 0 Å². The summed E-state index contributed by atoms with van der Waals surface area (Å²) in [4.78, 5) is 0. The molecule has 0 bridgehead atoms. The van der Waals surface area contributed by atoms with E-state index in [4.69, 9.17) is 0 Å². The van der Waals surface area contributed by atoms with Crippen molar-refractivity contribution < 1.29 is 6.64 Å². The molecule has 4 heavy (non-hydrogen) atoms. The topological polar surface area (TPSA) is 9.23 Å². The van der Waals surface area contributed by atoms with Crippen molar-refractivity contribution in [3.05, 3.63) is 0 Å². The molecule has 0 aliphatic rings. The number of hydrogen-bond acceptors (Lipinski definition) is 1. The van der Waals surface area contributed by atoms with E-state index < -0.39 is 0 Å². The van der Waals surface area contributed by atoms with E-state index in [1.807, 2.05) is 6.92 Å². The molecule has 0 rings (SSSR count). The maximum absolute atomic E-state index is 4.46. The van der Waals surface area contributed by atoms with Crippen LogP contribution < -0.4 is 0 Å². The van der Waals surface area contributed by atoms with E-state index in [0.29, 0.717) is 0 Å². The molecular weight excluding hydrogens is 67.0 g/mol. The minimum absolute atomic E-state index is 0. The van der Waals surface area contributed by atoms with Crippen molar-refractivity contribution in [1.82, 2.24) is 0 Å². The molecule has 0 aliphatic heterocycles. The van der Waals surface area contributed by atoms with Gasteiger partial charge in [-0.1, -0.05) is 0 Å². The van der Waals surface area contributed by atoms with Gasteiger partial charge in [0.15, 0.2) is 0 Å². The fourth-order valence-corrected chi connectivity index (χ4v) is 0. The first-order chi connectivity index (χ1) is 1.91. The zero-order valence-electron chi connectivity index (χ0n) is 4.69. The molecule has 0 saturated carbocycles. The summed E-state index contributed by atoms with van der Waals surface area (Å²) in [6.07, 6.45) is 0. The van der Waals surface area contributed by atoms with E-state index >= 15 is 0 Å². The molecule has 0 heterocycles. The van der Waals surface area contributed by atoms with Crippen LogP contribution in [0.3, 0.4) is 0 Å². The Morgan fingerprint density at radius 1 is 2.25 bits per heavy atom. The molecule has 0 aromatic rings. The van der Waals surface area contributed by atoms with Crippen molar-refractivity contribution >= 4 is 16.6 Å². The fraction of sp³-hybridized carbons (Fsp3) is 1.00. The van der Waals surface area contributed by atoms with Crippen LogP contribution in [0.25, 0.3) is 0 Å². The maximum atomic E-state index is 4.46. The fourth-order valence-electron chi connectivity index (χ4n) is 0. The molecule has 24 valence electrons. The van der Waals surface area contributed by atoms with E-state index in [1.165, 1.54) is 0 Å². The smallest absolute Gasteiger partial charge is 1.00 e. The van der Waals surface area contributed by atoms with Gasteiger partial charge in [-0.05, 0) is 0 Å². The predicted octanol–water partition coefficient (Wildman–Crippen LogP) is 0.331. The second kappa shape index (κ2) is 3.49. The Kier molecular flexibility index (Phi) is 3.92. The summed E-state index contributed by atoms with van der Waals surface area (Å²) in [7, 11) is 0. The molecule has 0 spiro atoms. The standard InChI is InChI=1S/C2H5O.Al.2H/c1-2-3;;;/h2H2,1H3;;;/q-1;+3;2*-1. The SMILES string of the molecule is CC[O][Al+2].[H-].[H-]. The molecule has 0 radical (unpaired) electrons. The van der Waals surface area contributed by atoms with Gasteiger partial charge in [-0.25, -0.2) is 0 Å². The molecule has 0 saturated heterocycles. The van der Waals surface area contributed by atoms with Crippen LogP contribution in [-0.2, 0) is 3.79 Å². The Morgan fingerprint density at radius 3 is 2.50 bits per heavy atom. The predicted molar refractivity (Wildman–Crippen MR) is 19.6 cm³/mol. The molecule has 0 aromatic carbocycles. The van der Waals surface area contributed by atoms with E-state index in [1.54, 1.807) is 0 Å². The zero-order chi connectivity index (χ0) is 3.41. The van der Waals surface area contributed by atoms with Crippen molar-refractivity contribution in [2.24, 2.45) is 0 Å². The Labute approximate surface area is 37.7 Å². The van der Waals surface area contributed by atoms with Gasteiger partial charge in [-0.15, -0.1) is 0 Å². The van der Waals surface area contributed by atoms with Crippen molar-refractivity contribution in [2.75, 3.05) is 6.61 Å². The maximum Gasteiger partial charge on any atom is -1.00 e. The largest absolute Gasteiger partial charge is 1.00 e. The third-order valence-corrected chi connectivity index (χ3v) is 0.500. The summed E-state index contributed by atoms with van der Waals surface area (Å²) in [5.41, 5.74) is 0. The Hall–Kier alpha value is 0.492. The molecule has 1 nitrogen and oxygen atoms in total. The molecule has 0 aliphatic carbocycles. The Morgan fingerprint density at radius 2 is 2.50 bits per heavy atom. The third-order valence-electron chi connectivity index (χ3n) is 0.167. The van der Waals surface area contributed by atoms with Gasteiger partial charge in [0, 0.05) is 0 Å². The van der Waals surface area contributed by atoms with Crippen molar-refractivity contribution in [1.29, 1.82) is 0 Å². The summed E-state index contributed by atoms with van der Waals surface area (Å²) < 4.78 is 4.46. The monoisotopic (exact) mass is 74.0 g/mol. The second-order valence-electron chi connectivity index (χ2n) is 0.455. The van der Waals surface area contributed by atoms with Gasteiger partial charge in [-0.2, -0.15) is 0 Å². The van der Waals surface area contributed by atoms with Gasteiger partial charge in [0.25, 0.3) is 0 Å². The van der Waals surface area contributed by atoms with E-state index in [0.717, 1.165) is 6.61 Å². The minimum Gasteiger partial charge on any atom is -1.00 e. The first-order valence-corrected chi connectivity index (χ1v) is 1.70. The first kappa shape index (κ1) is 4.49. The molecule has 0 atom stereocenters. The van der Waals surface area contributed by atoms with Crippen LogP contribution in [0.15, 0.2) is 0 Å². The van der Waals surface area contributed by atoms with Gasteiger partial charge in [0.2, 0.25) is 0 Å². The molecule has 2 heteroatoms. The average Bonchev–Trinajstić information content (AvgIpc) is 1.37. The Balaban J connectivity index is -0.0000000450. The summed E-state index contributed by atoms with van der Waals surface area (Å²) in [5, 5.41) is 0. The average molecular weight is 74.1 g/mol. The van der Waals surface area contributed by atoms with Crippen LogP contribution in [0.2, 0.25) is 0 Å². The van der Waals surface area contributed by atoms with Gasteiger partial charge >= 0.3 is 33.9 Å². The third kappa shape index (κ3) is 2.49. The van der Waals surface area contributed by atoms with Crippen LogP contribution in [0.4, 0.5) is 0 Å². The van der Waals surface area contributed by atoms with Crippen molar-refractivity contribution in [3.63, 3.8) is 0 Å². The van der Waals surface area contributed by atoms with Crippen LogP contribution in [-0.4, -0.2) is 23.2 Å². The molecule has 0 unspecified atom stereocenters. The Bertz CT molecular complexity index is 13.5. The quantitative estimate of drug-likeness (QED) is 0.407. The van der Waals surface area contributed by atoms with E-state index in [2.05, 4.69) is 20.4 Å². The molecule has 0 amide bonds. The molecule has 0 fully saturated rings. The van der Waals surface area contributed by atoms with Crippen LogP contribution in [0.1, 0.15) is 9.78 Å². The van der Waals surface area contributed by atoms with Crippen molar-refractivity contribution in [3.8, 4) is 0 Å². The molecule has 0 aromatic heterocycles. The van der Waals surface area contributed by atoms with Gasteiger partial charge < -0.3 is 2.85 Å². The van der Waals surface area contributed by atoms with Gasteiger partial charge in [0.05, 0.1) is 0 Å². The van der Waals surface area contributed by atoms with Crippen LogP contribution in [0, 0.1) is 0 Å². The minimum atomic E-state index is 0. The van der Waals surface area contributed by atoms with Crippen LogP contribution >= 0.6 is 0 Å². The zero-order valence-corrected chi connectivity index (χ0v) is 3.85. The molecule has 0 N–H and O–H groups in total. The normalized spacial score (nSPS) is 7.75. The first-order valence-electron chi connectivity index (χ1n) is 1.23. The summed E-state index contributed by atoms with van der Waals surface area (Å²) in [6, 6.07) is 0. The summed E-state index contributed by atoms with van der Waals surface area (Å²) in [5.74, 6) is 0. The second-order valence-corrected chi connectivity index (χ2v) is 0.789. The van der Waals surface area contributed by atoms with E-state index in [-0.39, 0.29) is 2.85 Å². The van der Waals surface area contributed by atoms with Gasteiger partial charge in [-0.3, -0.25) is 0 Å².